The van der Waals surface area contributed by atoms with E-state index in [0.717, 1.165) is 25.1 Å². The fourth-order valence-corrected chi connectivity index (χ4v) is 2.68. The van der Waals surface area contributed by atoms with Gasteiger partial charge in [-0.25, -0.2) is 0 Å². The molecule has 1 unspecified atom stereocenters. The summed E-state index contributed by atoms with van der Waals surface area (Å²) in [5, 5.41) is 3.53. The lowest BCUT2D eigenvalue weighted by atomic mass is 9.97. The molecule has 1 saturated heterocycles. The molecule has 2 rings (SSSR count). The van der Waals surface area contributed by atoms with Crippen molar-refractivity contribution < 1.29 is 4.79 Å². The first kappa shape index (κ1) is 14.1. The lowest BCUT2D eigenvalue weighted by molar-refractivity contribution is 0.101. The minimum atomic E-state index is 0.122. The number of Topliss-reactive ketones (excluding diaryl/α,β-unsaturated/α-hetero) is 1. The maximum atomic E-state index is 11.3. The number of nitrogens with zero attached hydrogens (tertiary/aromatic N) is 1. The smallest absolute Gasteiger partial charge is 0.159 e. The number of rotatable bonds is 2. The molecule has 0 spiro atoms. The summed E-state index contributed by atoms with van der Waals surface area (Å²) in [4.78, 5) is 13.8. The monoisotopic (exact) mass is 260 g/mol. The summed E-state index contributed by atoms with van der Waals surface area (Å²) in [6.45, 7) is 10.4. The van der Waals surface area contributed by atoms with Crippen molar-refractivity contribution in [2.45, 2.75) is 45.7 Å². The van der Waals surface area contributed by atoms with Crippen LogP contribution < -0.4 is 10.2 Å². The van der Waals surface area contributed by atoms with Gasteiger partial charge in [0.2, 0.25) is 0 Å². The fraction of sp³-hybridized carbons (Fsp3) is 0.562. The fourth-order valence-electron chi connectivity index (χ4n) is 2.68. The van der Waals surface area contributed by atoms with Crippen molar-refractivity contribution in [3.8, 4) is 0 Å². The third-order valence-electron chi connectivity index (χ3n) is 4.00. The minimum absolute atomic E-state index is 0.122. The minimum Gasteiger partial charge on any atom is -0.365 e. The van der Waals surface area contributed by atoms with Crippen molar-refractivity contribution >= 4 is 11.5 Å². The van der Waals surface area contributed by atoms with Gasteiger partial charge in [0, 0.05) is 29.4 Å². The van der Waals surface area contributed by atoms with Crippen LogP contribution in [-0.2, 0) is 0 Å². The number of ketones is 1. The molecule has 1 aliphatic rings. The van der Waals surface area contributed by atoms with Crippen LogP contribution in [0.1, 0.15) is 44.5 Å². The van der Waals surface area contributed by atoms with Crippen LogP contribution in [0.25, 0.3) is 0 Å². The first-order chi connectivity index (χ1) is 8.90. The lowest BCUT2D eigenvalue weighted by Gasteiger charge is -2.39. The molecule has 1 aromatic carbocycles. The molecular weight excluding hydrogens is 236 g/mol. The van der Waals surface area contributed by atoms with Crippen LogP contribution in [0.2, 0.25) is 0 Å². The molecule has 19 heavy (non-hydrogen) atoms. The zero-order valence-corrected chi connectivity index (χ0v) is 12.4. The van der Waals surface area contributed by atoms with E-state index in [-0.39, 0.29) is 11.3 Å². The molecule has 104 valence electrons. The molecule has 1 heterocycles. The Hall–Kier alpha value is -1.35. The summed E-state index contributed by atoms with van der Waals surface area (Å²) >= 11 is 0. The van der Waals surface area contributed by atoms with Crippen LogP contribution in [0.3, 0.4) is 0 Å². The summed E-state index contributed by atoms with van der Waals surface area (Å²) in [5.74, 6) is 0.122. The van der Waals surface area contributed by atoms with E-state index in [0.29, 0.717) is 6.04 Å². The molecule has 0 radical (unpaired) electrons. The zero-order chi connectivity index (χ0) is 14.0. The molecule has 0 saturated carbocycles. The van der Waals surface area contributed by atoms with E-state index in [4.69, 9.17) is 0 Å². The van der Waals surface area contributed by atoms with Crippen molar-refractivity contribution in [3.05, 3.63) is 29.8 Å². The Bertz CT molecular complexity index is 450. The Morgan fingerprint density at radius 1 is 1.32 bits per heavy atom. The van der Waals surface area contributed by atoms with Crippen LogP contribution in [0, 0.1) is 0 Å². The summed E-state index contributed by atoms with van der Waals surface area (Å²) in [5.41, 5.74) is 2.11. The van der Waals surface area contributed by atoms with Gasteiger partial charge in [0.15, 0.2) is 5.78 Å². The standard InChI is InChI=1S/C16H24N2O/c1-12-11-18(16(3,4)9-10-17-12)15-7-5-14(6-8-15)13(2)19/h5-8,12,17H,9-11H2,1-4H3. The Morgan fingerprint density at radius 3 is 2.53 bits per heavy atom. The number of carbonyl (C=O) groups is 1. The summed E-state index contributed by atoms with van der Waals surface area (Å²) in [7, 11) is 0. The molecule has 1 atom stereocenters. The average Bonchev–Trinajstić information content (AvgIpc) is 2.48. The van der Waals surface area contributed by atoms with Gasteiger partial charge in [-0.1, -0.05) is 0 Å². The third kappa shape index (κ3) is 3.16. The van der Waals surface area contributed by atoms with Gasteiger partial charge in [-0.05, 0) is 64.9 Å². The predicted octanol–water partition coefficient (Wildman–Crippen LogP) is 2.86. The number of anilines is 1. The third-order valence-corrected chi connectivity index (χ3v) is 4.00. The molecule has 1 aliphatic heterocycles. The van der Waals surface area contributed by atoms with Gasteiger partial charge < -0.3 is 10.2 Å². The molecule has 1 N–H and O–H groups in total. The molecule has 0 aliphatic carbocycles. The highest BCUT2D eigenvalue weighted by Gasteiger charge is 2.30. The number of hydrogen-bond acceptors (Lipinski definition) is 3. The molecular formula is C16H24N2O. The van der Waals surface area contributed by atoms with Crippen molar-refractivity contribution in [1.29, 1.82) is 0 Å². The zero-order valence-electron chi connectivity index (χ0n) is 12.4. The number of hydrogen-bond donors (Lipinski definition) is 1. The molecule has 0 aromatic heterocycles. The van der Waals surface area contributed by atoms with Crippen LogP contribution in [-0.4, -0.2) is 30.5 Å². The second-order valence-corrected chi connectivity index (χ2v) is 6.13. The highest BCUT2D eigenvalue weighted by molar-refractivity contribution is 5.94. The van der Waals surface area contributed by atoms with E-state index in [1.165, 1.54) is 5.69 Å². The van der Waals surface area contributed by atoms with Crippen LogP contribution in [0.4, 0.5) is 5.69 Å². The van der Waals surface area contributed by atoms with Crippen LogP contribution in [0.15, 0.2) is 24.3 Å². The van der Waals surface area contributed by atoms with Crippen molar-refractivity contribution in [2.24, 2.45) is 0 Å². The van der Waals surface area contributed by atoms with Crippen LogP contribution >= 0.6 is 0 Å². The highest BCUT2D eigenvalue weighted by Crippen LogP contribution is 2.28. The van der Waals surface area contributed by atoms with Gasteiger partial charge in [0.25, 0.3) is 0 Å². The quantitative estimate of drug-likeness (QED) is 0.830. The predicted molar refractivity (Wildman–Crippen MR) is 80.0 cm³/mol. The van der Waals surface area contributed by atoms with Gasteiger partial charge in [-0.2, -0.15) is 0 Å². The average molecular weight is 260 g/mol. The Morgan fingerprint density at radius 2 is 1.95 bits per heavy atom. The van der Waals surface area contributed by atoms with E-state index in [1.807, 2.05) is 12.1 Å². The molecule has 3 nitrogen and oxygen atoms in total. The van der Waals surface area contributed by atoms with Gasteiger partial charge in [-0.15, -0.1) is 0 Å². The maximum absolute atomic E-state index is 11.3. The molecule has 0 bridgehead atoms. The number of carbonyl (C=O) groups excluding carboxylic acids is 1. The summed E-state index contributed by atoms with van der Waals surface area (Å²) in [6, 6.07) is 8.47. The molecule has 3 heteroatoms. The van der Waals surface area contributed by atoms with Gasteiger partial charge in [0.05, 0.1) is 0 Å². The number of benzene rings is 1. The first-order valence-corrected chi connectivity index (χ1v) is 7.02. The van der Waals surface area contributed by atoms with Crippen molar-refractivity contribution in [2.75, 3.05) is 18.0 Å². The van der Waals surface area contributed by atoms with Gasteiger partial charge >= 0.3 is 0 Å². The van der Waals surface area contributed by atoms with Crippen molar-refractivity contribution in [1.82, 2.24) is 5.32 Å². The highest BCUT2D eigenvalue weighted by atomic mass is 16.1. The van der Waals surface area contributed by atoms with E-state index >= 15 is 0 Å². The maximum Gasteiger partial charge on any atom is 0.159 e. The largest absolute Gasteiger partial charge is 0.365 e. The van der Waals surface area contributed by atoms with Gasteiger partial charge in [0.1, 0.15) is 0 Å². The summed E-state index contributed by atoms with van der Waals surface area (Å²) < 4.78 is 0. The topological polar surface area (TPSA) is 32.3 Å². The normalized spacial score (nSPS) is 22.9. The first-order valence-electron chi connectivity index (χ1n) is 7.02. The SMILES string of the molecule is CC(=O)c1ccc(N2CC(C)NCCC2(C)C)cc1. The second-order valence-electron chi connectivity index (χ2n) is 6.13. The van der Waals surface area contributed by atoms with Gasteiger partial charge in [-0.3, -0.25) is 4.79 Å². The molecule has 0 amide bonds. The van der Waals surface area contributed by atoms with E-state index < -0.39 is 0 Å². The summed E-state index contributed by atoms with van der Waals surface area (Å²) in [6.07, 6.45) is 1.12. The lowest BCUT2D eigenvalue weighted by Crippen LogP contribution is -2.46. The van der Waals surface area contributed by atoms with Crippen LogP contribution in [0.5, 0.6) is 0 Å². The Labute approximate surface area is 116 Å². The van der Waals surface area contributed by atoms with E-state index in [2.05, 4.69) is 43.1 Å². The molecule has 1 aromatic rings. The van der Waals surface area contributed by atoms with E-state index in [9.17, 15) is 4.79 Å². The molecule has 1 fully saturated rings. The Kier molecular flexibility index (Phi) is 3.95. The van der Waals surface area contributed by atoms with E-state index in [1.54, 1.807) is 6.92 Å². The van der Waals surface area contributed by atoms with Crippen molar-refractivity contribution in [3.63, 3.8) is 0 Å². The number of nitrogens with one attached hydrogen (secondary N) is 1. The Balaban J connectivity index is 2.28. The second kappa shape index (κ2) is 5.33.